The van der Waals surface area contributed by atoms with Crippen molar-refractivity contribution < 1.29 is 4.74 Å². The molecular formula is C20H26IN5O. The average Bonchev–Trinajstić information content (AvgIpc) is 2.61. The molecular weight excluding hydrogens is 453 g/mol. The molecule has 1 atom stereocenters. The Morgan fingerprint density at radius 2 is 1.67 bits per heavy atom. The molecule has 1 aromatic carbocycles. The summed E-state index contributed by atoms with van der Waals surface area (Å²) in [6.45, 7) is 0. The van der Waals surface area contributed by atoms with Gasteiger partial charge in [0.2, 0.25) is 0 Å². The van der Waals surface area contributed by atoms with Crippen molar-refractivity contribution in [3.63, 3.8) is 0 Å². The molecule has 1 fully saturated rings. The molecule has 7 heteroatoms. The van der Waals surface area contributed by atoms with Crippen LogP contribution in [0.5, 0.6) is 5.75 Å². The van der Waals surface area contributed by atoms with Gasteiger partial charge in [0.1, 0.15) is 5.82 Å². The summed E-state index contributed by atoms with van der Waals surface area (Å²) in [5, 5.41) is 8.56. The molecule has 144 valence electrons. The summed E-state index contributed by atoms with van der Waals surface area (Å²) in [5.74, 6) is 1.61. The molecule has 0 aliphatic heterocycles. The molecule has 1 saturated carbocycles. The van der Waals surface area contributed by atoms with Gasteiger partial charge in [-0.3, -0.25) is 0 Å². The zero-order valence-corrected chi connectivity index (χ0v) is 17.5. The number of hydrogen-bond acceptors (Lipinski definition) is 6. The Labute approximate surface area is 173 Å². The predicted octanol–water partition coefficient (Wildman–Crippen LogP) is 6.16. The molecule has 27 heavy (non-hydrogen) atoms. The van der Waals surface area contributed by atoms with E-state index < -0.39 is 0 Å². The molecule has 3 rings (SSSR count). The molecule has 2 aromatic rings. The lowest BCUT2D eigenvalue weighted by Crippen LogP contribution is -2.22. The van der Waals surface area contributed by atoms with E-state index in [1.807, 2.05) is 30.3 Å². The zero-order valence-electron chi connectivity index (χ0n) is 15.4. The lowest BCUT2D eigenvalue weighted by molar-refractivity contribution is 0.202. The van der Waals surface area contributed by atoms with Crippen LogP contribution < -0.4 is 16.2 Å². The van der Waals surface area contributed by atoms with Crippen LogP contribution in [0.1, 0.15) is 44.9 Å². The zero-order chi connectivity index (χ0) is 19.1. The Morgan fingerprint density at radius 1 is 1.00 bits per heavy atom. The normalized spacial score (nSPS) is 17.4. The number of azo groups is 1. The molecule has 1 aliphatic carbocycles. The summed E-state index contributed by atoms with van der Waals surface area (Å²) in [6, 6.07) is 11.2. The van der Waals surface area contributed by atoms with E-state index in [1.54, 1.807) is 6.07 Å². The molecule has 1 aromatic heterocycles. The Morgan fingerprint density at radius 3 is 2.37 bits per heavy atom. The smallest absolute Gasteiger partial charge is 0.170 e. The fourth-order valence-corrected chi connectivity index (χ4v) is 4.31. The van der Waals surface area contributed by atoms with E-state index in [4.69, 9.17) is 16.2 Å². The van der Waals surface area contributed by atoms with E-state index in [9.17, 15) is 0 Å². The number of alkyl halides is 1. The standard InChI is InChI=1S/C20H26IN5O/c21-19(14-9-5-2-1-3-6-10-14)27-16-13-17(22)24-20(23)18(16)26-25-15-11-7-4-8-12-15/h4,7-8,11-14,19H,1-3,5-6,9-10H2,(H4,22,23,24). The monoisotopic (exact) mass is 479 g/mol. The van der Waals surface area contributed by atoms with Crippen molar-refractivity contribution in [3.8, 4) is 5.75 Å². The third-order valence-electron chi connectivity index (χ3n) is 4.79. The Balaban J connectivity index is 1.80. The number of rotatable bonds is 5. The summed E-state index contributed by atoms with van der Waals surface area (Å²) in [4.78, 5) is 4.11. The summed E-state index contributed by atoms with van der Waals surface area (Å²) in [7, 11) is 0. The Bertz CT molecular complexity index is 760. The number of nitrogens with zero attached hydrogens (tertiary/aromatic N) is 3. The second kappa shape index (κ2) is 9.87. The van der Waals surface area contributed by atoms with Crippen LogP contribution >= 0.6 is 22.6 Å². The fourth-order valence-electron chi connectivity index (χ4n) is 3.31. The van der Waals surface area contributed by atoms with Gasteiger partial charge in [0, 0.05) is 12.0 Å². The van der Waals surface area contributed by atoms with Gasteiger partial charge in [-0.25, -0.2) is 4.98 Å². The topological polar surface area (TPSA) is 98.9 Å². The van der Waals surface area contributed by atoms with Gasteiger partial charge in [-0.15, -0.1) is 5.11 Å². The van der Waals surface area contributed by atoms with Gasteiger partial charge >= 0.3 is 0 Å². The van der Waals surface area contributed by atoms with Crippen molar-refractivity contribution in [2.45, 2.75) is 49.1 Å². The van der Waals surface area contributed by atoms with Crippen LogP contribution in [-0.2, 0) is 0 Å². The number of benzene rings is 1. The van der Waals surface area contributed by atoms with Gasteiger partial charge in [0.25, 0.3) is 0 Å². The van der Waals surface area contributed by atoms with E-state index in [0.717, 1.165) is 5.69 Å². The van der Waals surface area contributed by atoms with Crippen molar-refractivity contribution in [2.24, 2.45) is 16.1 Å². The number of aromatic nitrogens is 1. The van der Waals surface area contributed by atoms with Crippen LogP contribution in [0, 0.1) is 5.92 Å². The lowest BCUT2D eigenvalue weighted by Gasteiger charge is -2.25. The quantitative estimate of drug-likeness (QED) is 0.305. The summed E-state index contributed by atoms with van der Waals surface area (Å²) in [5.41, 5.74) is 13.1. The van der Waals surface area contributed by atoms with Crippen molar-refractivity contribution in [1.29, 1.82) is 0 Å². The molecule has 0 spiro atoms. The van der Waals surface area contributed by atoms with E-state index in [0.29, 0.717) is 23.2 Å². The van der Waals surface area contributed by atoms with Crippen molar-refractivity contribution in [3.05, 3.63) is 36.4 Å². The van der Waals surface area contributed by atoms with E-state index >= 15 is 0 Å². The molecule has 0 bridgehead atoms. The fraction of sp³-hybridized carbons (Fsp3) is 0.450. The van der Waals surface area contributed by atoms with Crippen LogP contribution in [0.2, 0.25) is 0 Å². The van der Waals surface area contributed by atoms with Crippen molar-refractivity contribution in [2.75, 3.05) is 11.5 Å². The van der Waals surface area contributed by atoms with E-state index in [-0.39, 0.29) is 9.93 Å². The maximum Gasteiger partial charge on any atom is 0.170 e. The molecule has 0 saturated heterocycles. The minimum Gasteiger partial charge on any atom is -0.477 e. The number of halogens is 1. The van der Waals surface area contributed by atoms with Crippen LogP contribution in [0.25, 0.3) is 0 Å². The molecule has 0 radical (unpaired) electrons. The van der Waals surface area contributed by atoms with Crippen LogP contribution in [0.15, 0.2) is 46.6 Å². The maximum atomic E-state index is 6.26. The highest BCUT2D eigenvalue weighted by Crippen LogP contribution is 2.39. The number of nitrogen functional groups attached to an aromatic ring is 2. The third kappa shape index (κ3) is 5.79. The Kier molecular flexibility index (Phi) is 7.25. The van der Waals surface area contributed by atoms with E-state index in [2.05, 4.69) is 37.8 Å². The van der Waals surface area contributed by atoms with E-state index in [1.165, 1.54) is 44.9 Å². The predicted molar refractivity (Wildman–Crippen MR) is 118 cm³/mol. The first-order valence-electron chi connectivity index (χ1n) is 9.47. The van der Waals surface area contributed by atoms with Crippen molar-refractivity contribution in [1.82, 2.24) is 4.98 Å². The summed E-state index contributed by atoms with van der Waals surface area (Å²) >= 11 is 2.38. The first-order valence-corrected chi connectivity index (χ1v) is 10.7. The highest BCUT2D eigenvalue weighted by Gasteiger charge is 2.23. The van der Waals surface area contributed by atoms with Gasteiger partial charge in [0.15, 0.2) is 21.4 Å². The number of anilines is 2. The molecule has 1 heterocycles. The first-order chi connectivity index (χ1) is 13.1. The SMILES string of the molecule is Nc1cc(OC(I)C2CCCCCCC2)c(N=Nc2ccccc2)c(N)n1. The molecule has 1 unspecified atom stereocenters. The van der Waals surface area contributed by atoms with Gasteiger partial charge in [-0.2, -0.15) is 5.11 Å². The van der Waals surface area contributed by atoms with Crippen molar-refractivity contribution >= 4 is 45.6 Å². The highest BCUT2D eigenvalue weighted by atomic mass is 127. The molecule has 4 N–H and O–H groups in total. The average molecular weight is 479 g/mol. The number of nitrogens with two attached hydrogens (primary N) is 2. The number of pyridine rings is 1. The van der Waals surface area contributed by atoms with Gasteiger partial charge < -0.3 is 16.2 Å². The van der Waals surface area contributed by atoms with Crippen LogP contribution in [0.3, 0.4) is 0 Å². The van der Waals surface area contributed by atoms with Gasteiger partial charge in [0.05, 0.1) is 5.69 Å². The largest absolute Gasteiger partial charge is 0.477 e. The highest BCUT2D eigenvalue weighted by molar-refractivity contribution is 14.1. The summed E-state index contributed by atoms with van der Waals surface area (Å²) in [6.07, 6.45) is 8.86. The second-order valence-electron chi connectivity index (χ2n) is 6.89. The molecule has 6 nitrogen and oxygen atoms in total. The Hall–Kier alpha value is -1.90. The number of hydrogen-bond donors (Lipinski definition) is 2. The van der Waals surface area contributed by atoms with Gasteiger partial charge in [-0.05, 0) is 47.6 Å². The second-order valence-corrected chi connectivity index (χ2v) is 8.12. The summed E-state index contributed by atoms with van der Waals surface area (Å²) < 4.78 is 6.30. The molecule has 1 aliphatic rings. The van der Waals surface area contributed by atoms with Crippen LogP contribution in [-0.4, -0.2) is 9.09 Å². The lowest BCUT2D eigenvalue weighted by atomic mass is 9.92. The van der Waals surface area contributed by atoms with Crippen LogP contribution in [0.4, 0.5) is 23.0 Å². The van der Waals surface area contributed by atoms with Gasteiger partial charge in [-0.1, -0.05) is 50.3 Å². The minimum atomic E-state index is 0.0348. The minimum absolute atomic E-state index is 0.0348. The third-order valence-corrected chi connectivity index (χ3v) is 6.06. The molecule has 0 amide bonds. The first kappa shape index (κ1) is 19.9. The maximum absolute atomic E-state index is 6.26. The number of ether oxygens (including phenoxy) is 1.